The molecular weight excluding hydrogens is 396 g/mol. The molecule has 0 aromatic heterocycles. The molecule has 1 N–H and O–H groups in total. The number of rotatable bonds is 5. The summed E-state index contributed by atoms with van der Waals surface area (Å²) in [6.07, 6.45) is 0. The van der Waals surface area contributed by atoms with Crippen LogP contribution in [0.4, 0.5) is 0 Å². The van der Waals surface area contributed by atoms with E-state index >= 15 is 0 Å². The topological polar surface area (TPSA) is 71.4 Å². The van der Waals surface area contributed by atoms with E-state index in [1.165, 1.54) is 0 Å². The molecule has 0 saturated heterocycles. The Morgan fingerprint density at radius 3 is 1.96 bits per heavy atom. The van der Waals surface area contributed by atoms with Crippen LogP contribution < -0.4 is 0 Å². The Labute approximate surface area is 162 Å². The zero-order valence-corrected chi connectivity index (χ0v) is 17.2. The third-order valence-electron chi connectivity index (χ3n) is 5.27. The van der Waals surface area contributed by atoms with E-state index in [1.807, 2.05) is 12.1 Å². The van der Waals surface area contributed by atoms with Gasteiger partial charge in [0.15, 0.2) is 11.6 Å². The van der Waals surface area contributed by atoms with E-state index in [0.717, 1.165) is 5.56 Å². The fraction of sp³-hybridized carbons (Fsp3) is 0.381. The minimum Gasteiger partial charge on any atom is -0.481 e. The van der Waals surface area contributed by atoms with Crippen molar-refractivity contribution in [2.75, 3.05) is 0 Å². The van der Waals surface area contributed by atoms with Gasteiger partial charge >= 0.3 is 5.97 Å². The van der Waals surface area contributed by atoms with Crippen molar-refractivity contribution in [3.05, 3.63) is 57.7 Å². The Bertz CT molecular complexity index is 841. The first kappa shape index (κ1) is 20.3. The number of Topliss-reactive ketones (excluding diaryl/α,β-unsaturated/α-hetero) is 2. The van der Waals surface area contributed by atoms with Crippen LogP contribution in [0.15, 0.2) is 46.6 Å². The van der Waals surface area contributed by atoms with Crippen LogP contribution in [0.1, 0.15) is 51.7 Å². The molecule has 0 aliphatic heterocycles. The van der Waals surface area contributed by atoms with Crippen molar-refractivity contribution in [2.45, 2.75) is 45.9 Å². The molecule has 1 aromatic carbocycles. The number of halogens is 1. The predicted octanol–water partition coefficient (Wildman–Crippen LogP) is 4.58. The monoisotopic (exact) mass is 418 g/mol. The Morgan fingerprint density at radius 1 is 1.00 bits per heavy atom. The molecule has 0 amide bonds. The highest BCUT2D eigenvalue weighted by atomic mass is 79.9. The van der Waals surface area contributed by atoms with Gasteiger partial charge in [-0.1, -0.05) is 54.0 Å². The second kappa shape index (κ2) is 7.31. The number of aliphatic carboxylic acids is 1. The number of carboxylic acids is 1. The molecule has 1 aromatic rings. The average molecular weight is 419 g/mol. The molecule has 1 aliphatic carbocycles. The number of carboxylic acid groups (broad SMARTS) is 1. The summed E-state index contributed by atoms with van der Waals surface area (Å²) in [6, 6.07) is 7.27. The van der Waals surface area contributed by atoms with E-state index in [1.54, 1.807) is 46.8 Å². The van der Waals surface area contributed by atoms with E-state index in [-0.39, 0.29) is 11.6 Å². The molecule has 0 heterocycles. The van der Waals surface area contributed by atoms with Gasteiger partial charge in [-0.2, -0.15) is 0 Å². The lowest BCUT2D eigenvalue weighted by Gasteiger charge is -2.36. The van der Waals surface area contributed by atoms with Crippen molar-refractivity contribution in [1.82, 2.24) is 0 Å². The predicted molar refractivity (Wildman–Crippen MR) is 104 cm³/mol. The van der Waals surface area contributed by atoms with Crippen LogP contribution in [0.3, 0.4) is 0 Å². The second-order valence-electron chi connectivity index (χ2n) is 7.28. The van der Waals surface area contributed by atoms with Gasteiger partial charge in [-0.25, -0.2) is 0 Å². The standard InChI is InChI=1S/C21H23BrO4/c1-11-12(2)19(24)16(13(3)18(11)23)21(4,5)17(20(25)26)15-8-6-14(10-22)7-9-15/h6-9,17H,10H2,1-5H3,(H,25,26). The molecule has 0 fully saturated rings. The Hall–Kier alpha value is -2.01. The van der Waals surface area contributed by atoms with Gasteiger partial charge in [-0.05, 0) is 31.9 Å². The fourth-order valence-corrected chi connectivity index (χ4v) is 4.05. The molecule has 26 heavy (non-hydrogen) atoms. The zero-order chi connectivity index (χ0) is 19.8. The minimum atomic E-state index is -1.04. The van der Waals surface area contributed by atoms with Crippen LogP contribution >= 0.6 is 15.9 Å². The van der Waals surface area contributed by atoms with Gasteiger partial charge in [0, 0.05) is 33.0 Å². The van der Waals surface area contributed by atoms with Crippen molar-refractivity contribution >= 4 is 33.5 Å². The molecule has 1 aliphatic rings. The summed E-state index contributed by atoms with van der Waals surface area (Å²) < 4.78 is 0. The lowest BCUT2D eigenvalue weighted by molar-refractivity contribution is -0.141. The number of carbonyl (C=O) groups excluding carboxylic acids is 2. The van der Waals surface area contributed by atoms with Gasteiger partial charge in [-0.3, -0.25) is 14.4 Å². The van der Waals surface area contributed by atoms with Crippen LogP contribution in [0.25, 0.3) is 0 Å². The first-order valence-electron chi connectivity index (χ1n) is 8.39. The Kier molecular flexibility index (Phi) is 5.71. The average Bonchev–Trinajstić information content (AvgIpc) is 2.58. The van der Waals surface area contributed by atoms with Crippen LogP contribution in [-0.2, 0) is 19.7 Å². The van der Waals surface area contributed by atoms with Gasteiger partial charge in [0.05, 0.1) is 5.92 Å². The first-order valence-corrected chi connectivity index (χ1v) is 9.52. The molecule has 138 valence electrons. The molecular formula is C21H23BrO4. The third-order valence-corrected chi connectivity index (χ3v) is 5.91. The number of benzene rings is 1. The van der Waals surface area contributed by atoms with Crippen molar-refractivity contribution < 1.29 is 19.5 Å². The summed E-state index contributed by atoms with van der Waals surface area (Å²) in [5, 5.41) is 10.6. The smallest absolute Gasteiger partial charge is 0.311 e. The normalized spacial score (nSPS) is 17.0. The molecule has 5 heteroatoms. The highest BCUT2D eigenvalue weighted by Crippen LogP contribution is 2.46. The Morgan fingerprint density at radius 2 is 1.50 bits per heavy atom. The fourth-order valence-electron chi connectivity index (χ4n) is 3.68. The quantitative estimate of drug-likeness (QED) is 0.560. The van der Waals surface area contributed by atoms with Crippen LogP contribution in [0, 0.1) is 5.41 Å². The SMILES string of the molecule is CC1=C(C)C(=O)C(C(C)(C)C(C(=O)O)c2ccc(CBr)cc2)=C(C)C1=O. The van der Waals surface area contributed by atoms with Gasteiger partial charge in [0.2, 0.25) is 0 Å². The molecule has 0 bridgehead atoms. The van der Waals surface area contributed by atoms with E-state index in [2.05, 4.69) is 15.9 Å². The van der Waals surface area contributed by atoms with Crippen molar-refractivity contribution in [3.8, 4) is 0 Å². The minimum absolute atomic E-state index is 0.191. The number of carbonyl (C=O) groups is 3. The van der Waals surface area contributed by atoms with E-state index in [0.29, 0.717) is 33.2 Å². The van der Waals surface area contributed by atoms with Crippen molar-refractivity contribution in [3.63, 3.8) is 0 Å². The highest BCUT2D eigenvalue weighted by Gasteiger charge is 2.45. The zero-order valence-electron chi connectivity index (χ0n) is 15.6. The molecule has 0 spiro atoms. The Balaban J connectivity index is 2.62. The van der Waals surface area contributed by atoms with Crippen molar-refractivity contribution in [2.24, 2.45) is 5.41 Å². The van der Waals surface area contributed by atoms with Gasteiger partial charge in [0.1, 0.15) is 0 Å². The number of allylic oxidation sites excluding steroid dienone is 4. The lowest BCUT2D eigenvalue weighted by Crippen LogP contribution is -2.37. The van der Waals surface area contributed by atoms with Crippen LogP contribution in [0.2, 0.25) is 0 Å². The first-order chi connectivity index (χ1) is 12.0. The van der Waals surface area contributed by atoms with E-state index in [9.17, 15) is 19.5 Å². The maximum atomic E-state index is 12.9. The summed E-state index contributed by atoms with van der Waals surface area (Å²) >= 11 is 3.37. The summed E-state index contributed by atoms with van der Waals surface area (Å²) in [5.41, 5.74) is 2.05. The maximum Gasteiger partial charge on any atom is 0.311 e. The van der Waals surface area contributed by atoms with Gasteiger partial charge in [0.25, 0.3) is 0 Å². The maximum absolute atomic E-state index is 12.9. The molecule has 4 nitrogen and oxygen atoms in total. The van der Waals surface area contributed by atoms with Gasteiger partial charge < -0.3 is 5.11 Å². The van der Waals surface area contributed by atoms with Crippen LogP contribution in [-0.4, -0.2) is 22.6 Å². The second-order valence-corrected chi connectivity index (χ2v) is 7.84. The van der Waals surface area contributed by atoms with Crippen LogP contribution in [0.5, 0.6) is 0 Å². The number of hydrogen-bond donors (Lipinski definition) is 1. The number of hydrogen-bond acceptors (Lipinski definition) is 3. The van der Waals surface area contributed by atoms with E-state index in [4.69, 9.17) is 0 Å². The lowest BCUT2D eigenvalue weighted by atomic mass is 9.64. The number of ketones is 2. The molecule has 2 rings (SSSR count). The summed E-state index contributed by atoms with van der Waals surface area (Å²) in [4.78, 5) is 37.6. The molecule has 1 atom stereocenters. The molecule has 0 saturated carbocycles. The molecule has 1 unspecified atom stereocenters. The number of alkyl halides is 1. The summed E-state index contributed by atoms with van der Waals surface area (Å²) in [6.45, 7) is 8.32. The summed E-state index contributed by atoms with van der Waals surface area (Å²) in [7, 11) is 0. The molecule has 0 radical (unpaired) electrons. The van der Waals surface area contributed by atoms with E-state index < -0.39 is 17.3 Å². The van der Waals surface area contributed by atoms with Gasteiger partial charge in [-0.15, -0.1) is 0 Å². The highest BCUT2D eigenvalue weighted by molar-refractivity contribution is 9.08. The summed E-state index contributed by atoms with van der Waals surface area (Å²) in [5.74, 6) is -2.40. The largest absolute Gasteiger partial charge is 0.481 e. The third kappa shape index (κ3) is 3.32. The van der Waals surface area contributed by atoms with Crippen molar-refractivity contribution in [1.29, 1.82) is 0 Å².